The molecule has 0 saturated carbocycles. The third-order valence-corrected chi connectivity index (χ3v) is 7.39. The summed E-state index contributed by atoms with van der Waals surface area (Å²) in [5, 5.41) is 5.74. The molecule has 1 saturated heterocycles. The molecular weight excluding hydrogens is 483 g/mol. The highest BCUT2D eigenvalue weighted by molar-refractivity contribution is 6.39. The van der Waals surface area contributed by atoms with Crippen molar-refractivity contribution in [2.75, 3.05) is 45.1 Å². The number of hydrogen-bond donors (Lipinski definition) is 2. The number of halogens is 2. The summed E-state index contributed by atoms with van der Waals surface area (Å²) in [7, 11) is 4.03. The fraction of sp³-hybridized carbons (Fsp3) is 0.308. The Morgan fingerprint density at radius 2 is 1.80 bits per heavy atom. The van der Waals surface area contributed by atoms with E-state index in [1.807, 2.05) is 36.7 Å². The molecule has 1 aliphatic rings. The fourth-order valence-electron chi connectivity index (χ4n) is 4.63. The Kier molecular flexibility index (Phi) is 6.59. The summed E-state index contributed by atoms with van der Waals surface area (Å²) >= 11 is 12.7. The molecule has 1 aliphatic heterocycles. The Balaban J connectivity index is 1.51. The molecule has 4 aromatic rings. The van der Waals surface area contributed by atoms with Crippen LogP contribution in [0.15, 0.2) is 41.2 Å². The second-order valence-electron chi connectivity index (χ2n) is 9.07. The van der Waals surface area contributed by atoms with Gasteiger partial charge in [0.05, 0.1) is 32.2 Å². The van der Waals surface area contributed by atoms with Crippen molar-refractivity contribution < 1.29 is 0 Å². The van der Waals surface area contributed by atoms with Crippen molar-refractivity contribution in [1.82, 2.24) is 24.3 Å². The smallest absolute Gasteiger partial charge is 0.258 e. The summed E-state index contributed by atoms with van der Waals surface area (Å²) in [5.74, 6) is 0.552. The highest BCUT2D eigenvalue weighted by Gasteiger charge is 2.18. The lowest BCUT2D eigenvalue weighted by molar-refractivity contribution is 0.167. The predicted octanol–water partition coefficient (Wildman–Crippen LogP) is 5.03. The minimum atomic E-state index is -0.138. The van der Waals surface area contributed by atoms with Crippen LogP contribution in [0.2, 0.25) is 10.0 Å². The lowest BCUT2D eigenvalue weighted by Gasteiger charge is -2.31. The van der Waals surface area contributed by atoms with Gasteiger partial charge >= 0.3 is 0 Å². The molecule has 2 aromatic carbocycles. The van der Waals surface area contributed by atoms with E-state index in [0.29, 0.717) is 32.6 Å². The number of pyridine rings is 1. The Morgan fingerprint density at radius 1 is 1.09 bits per heavy atom. The summed E-state index contributed by atoms with van der Waals surface area (Å²) in [6.45, 7) is 7.19. The first-order valence-electron chi connectivity index (χ1n) is 11.6. The van der Waals surface area contributed by atoms with Crippen molar-refractivity contribution in [2.24, 2.45) is 7.05 Å². The molecule has 182 valence electrons. The van der Waals surface area contributed by atoms with Gasteiger partial charge in [0.25, 0.3) is 5.56 Å². The number of rotatable bonds is 5. The molecule has 0 amide bonds. The molecule has 5 rings (SSSR count). The summed E-state index contributed by atoms with van der Waals surface area (Å²) in [6.07, 6.45) is 4.15. The van der Waals surface area contributed by atoms with E-state index in [1.165, 1.54) is 0 Å². The molecule has 9 heteroatoms. The van der Waals surface area contributed by atoms with Crippen molar-refractivity contribution >= 4 is 62.7 Å². The number of nitrogens with zero attached hydrogens (tertiary/aromatic N) is 4. The number of aromatic nitrogens is 3. The molecule has 0 atom stereocenters. The van der Waals surface area contributed by atoms with Gasteiger partial charge in [0.2, 0.25) is 5.95 Å². The van der Waals surface area contributed by atoms with Gasteiger partial charge in [0.15, 0.2) is 0 Å². The molecule has 35 heavy (non-hydrogen) atoms. The number of para-hydroxylation sites is 1. The number of H-pyrrole nitrogens is 1. The lowest BCUT2D eigenvalue weighted by Crippen LogP contribution is -2.44. The number of piperazine rings is 1. The van der Waals surface area contributed by atoms with E-state index in [9.17, 15) is 4.79 Å². The zero-order chi connectivity index (χ0) is 24.7. The Morgan fingerprint density at radius 3 is 2.51 bits per heavy atom. The standard InChI is InChI=1S/C26H28Cl2N6O/c1-16-17-9-10-21-24(33(3)26(30-21)31-23-18(27)6-4-7-19(23)28)22(17)25(35)29-20(16)8-5-11-34-14-12-32(2)13-15-34/h4-10H,11-15H2,1-3H3,(H,29,35)(H,30,31). The summed E-state index contributed by atoms with van der Waals surface area (Å²) in [4.78, 5) is 25.8. The third-order valence-electron chi connectivity index (χ3n) is 6.76. The molecule has 0 radical (unpaired) electrons. The van der Waals surface area contributed by atoms with Gasteiger partial charge in [0.1, 0.15) is 0 Å². The molecule has 3 heterocycles. The SMILES string of the molecule is Cc1c(C=CCN2CCN(C)CC2)[nH]c(=O)c2c1ccc1nc(Nc3c(Cl)cccc3Cl)n(C)c12. The molecule has 2 aromatic heterocycles. The summed E-state index contributed by atoms with van der Waals surface area (Å²) in [6, 6.07) is 9.24. The van der Waals surface area contributed by atoms with Gasteiger partial charge in [-0.15, -0.1) is 0 Å². The maximum absolute atomic E-state index is 13.3. The van der Waals surface area contributed by atoms with Gasteiger partial charge in [-0.3, -0.25) is 9.69 Å². The van der Waals surface area contributed by atoms with Crippen LogP contribution >= 0.6 is 23.2 Å². The van der Waals surface area contributed by atoms with Crippen molar-refractivity contribution in [3.05, 3.63) is 68.1 Å². The first kappa shape index (κ1) is 23.9. The molecule has 0 aliphatic carbocycles. The van der Waals surface area contributed by atoms with E-state index < -0.39 is 0 Å². The van der Waals surface area contributed by atoms with Crippen molar-refractivity contribution in [3.8, 4) is 0 Å². The summed E-state index contributed by atoms with van der Waals surface area (Å²) in [5.41, 5.74) is 3.77. The fourth-order valence-corrected chi connectivity index (χ4v) is 5.12. The number of fused-ring (bicyclic) bond motifs is 3. The molecule has 7 nitrogen and oxygen atoms in total. The minimum absolute atomic E-state index is 0.138. The zero-order valence-electron chi connectivity index (χ0n) is 20.0. The Hall–Kier alpha value is -2.84. The lowest BCUT2D eigenvalue weighted by atomic mass is 10.0. The van der Waals surface area contributed by atoms with Crippen molar-refractivity contribution in [3.63, 3.8) is 0 Å². The van der Waals surface area contributed by atoms with E-state index in [-0.39, 0.29) is 5.56 Å². The molecule has 0 spiro atoms. The average Bonchev–Trinajstić information content (AvgIpc) is 3.15. The van der Waals surface area contributed by atoms with Crippen LogP contribution in [-0.4, -0.2) is 64.1 Å². The normalized spacial score (nSPS) is 15.6. The van der Waals surface area contributed by atoms with Crippen LogP contribution in [-0.2, 0) is 7.05 Å². The molecule has 0 bridgehead atoms. The number of imidazole rings is 1. The van der Waals surface area contributed by atoms with E-state index in [2.05, 4.69) is 33.2 Å². The first-order chi connectivity index (χ1) is 16.8. The van der Waals surface area contributed by atoms with Gasteiger partial charge in [-0.25, -0.2) is 4.98 Å². The summed E-state index contributed by atoms with van der Waals surface area (Å²) < 4.78 is 1.87. The zero-order valence-corrected chi connectivity index (χ0v) is 21.5. The molecule has 0 unspecified atom stereocenters. The second-order valence-corrected chi connectivity index (χ2v) is 9.89. The van der Waals surface area contributed by atoms with Gasteiger partial charge in [0, 0.05) is 45.5 Å². The van der Waals surface area contributed by atoms with Crippen LogP contribution in [0.1, 0.15) is 11.3 Å². The average molecular weight is 511 g/mol. The number of hydrogen-bond acceptors (Lipinski definition) is 5. The number of aryl methyl sites for hydroxylation is 2. The minimum Gasteiger partial charge on any atom is -0.323 e. The van der Waals surface area contributed by atoms with Crippen LogP contribution in [0, 0.1) is 6.92 Å². The first-order valence-corrected chi connectivity index (χ1v) is 12.4. The molecule has 2 N–H and O–H groups in total. The maximum Gasteiger partial charge on any atom is 0.258 e. The number of nitrogens with one attached hydrogen (secondary N) is 2. The number of benzene rings is 2. The van der Waals surface area contributed by atoms with Crippen LogP contribution in [0.5, 0.6) is 0 Å². The van der Waals surface area contributed by atoms with Crippen molar-refractivity contribution in [2.45, 2.75) is 6.92 Å². The number of anilines is 2. The van der Waals surface area contributed by atoms with E-state index in [1.54, 1.807) is 18.2 Å². The molecular formula is C26H28Cl2N6O. The van der Waals surface area contributed by atoms with E-state index in [4.69, 9.17) is 28.2 Å². The third kappa shape index (κ3) is 4.57. The van der Waals surface area contributed by atoms with Gasteiger partial charge < -0.3 is 19.8 Å². The van der Waals surface area contributed by atoms with Crippen LogP contribution in [0.3, 0.4) is 0 Å². The van der Waals surface area contributed by atoms with E-state index >= 15 is 0 Å². The topological polar surface area (TPSA) is 69.2 Å². The number of aromatic amines is 1. The van der Waals surface area contributed by atoms with E-state index in [0.717, 1.165) is 54.9 Å². The van der Waals surface area contributed by atoms with Crippen LogP contribution < -0.4 is 10.9 Å². The monoisotopic (exact) mass is 510 g/mol. The molecule has 1 fully saturated rings. The van der Waals surface area contributed by atoms with Crippen molar-refractivity contribution in [1.29, 1.82) is 0 Å². The number of likely N-dealkylation sites (N-methyl/N-ethyl adjacent to an activating group) is 1. The largest absolute Gasteiger partial charge is 0.323 e. The highest BCUT2D eigenvalue weighted by atomic mass is 35.5. The Labute approximate surface area is 214 Å². The second kappa shape index (κ2) is 9.66. The Bertz CT molecular complexity index is 1480. The highest BCUT2D eigenvalue weighted by Crippen LogP contribution is 2.34. The maximum atomic E-state index is 13.3. The van der Waals surface area contributed by atoms with Gasteiger partial charge in [-0.1, -0.05) is 41.4 Å². The van der Waals surface area contributed by atoms with Gasteiger partial charge in [-0.05, 0) is 49.2 Å². The quantitative estimate of drug-likeness (QED) is 0.393. The van der Waals surface area contributed by atoms with Gasteiger partial charge in [-0.2, -0.15) is 0 Å². The van der Waals surface area contributed by atoms with Crippen LogP contribution in [0.25, 0.3) is 27.9 Å². The predicted molar refractivity (Wildman–Crippen MR) is 146 cm³/mol. The van der Waals surface area contributed by atoms with Crippen LogP contribution in [0.4, 0.5) is 11.6 Å².